The van der Waals surface area contributed by atoms with E-state index < -0.39 is 12.2 Å². The van der Waals surface area contributed by atoms with Crippen molar-refractivity contribution in [3.8, 4) is 5.75 Å². The van der Waals surface area contributed by atoms with Crippen molar-refractivity contribution in [2.24, 2.45) is 0 Å². The molecule has 0 radical (unpaired) electrons. The number of aromatic nitrogens is 2. The van der Waals surface area contributed by atoms with E-state index in [0.29, 0.717) is 22.8 Å². The molecule has 0 bridgehead atoms. The van der Waals surface area contributed by atoms with Gasteiger partial charge in [-0.1, -0.05) is 17.7 Å². The molecule has 1 aliphatic carbocycles. The second-order valence-corrected chi connectivity index (χ2v) is 6.46. The Morgan fingerprint density at radius 1 is 1.38 bits per heavy atom. The molecule has 6 heteroatoms. The van der Waals surface area contributed by atoms with Crippen LogP contribution in [-0.2, 0) is 13.0 Å². The summed E-state index contributed by atoms with van der Waals surface area (Å²) in [6.07, 6.45) is 1.26. The van der Waals surface area contributed by atoms with Gasteiger partial charge in [0.15, 0.2) is 17.5 Å². The first-order valence-corrected chi connectivity index (χ1v) is 8.16. The molecular formula is C18H17ClN2O3. The van der Waals surface area contributed by atoms with Crippen LogP contribution in [0, 0.1) is 6.92 Å². The zero-order valence-corrected chi connectivity index (χ0v) is 13.9. The van der Waals surface area contributed by atoms with Gasteiger partial charge in [-0.15, -0.1) is 0 Å². The van der Waals surface area contributed by atoms with Gasteiger partial charge in [-0.25, -0.2) is 4.98 Å². The molecule has 2 N–H and O–H groups in total. The average Bonchev–Trinajstić information content (AvgIpc) is 3.04. The molecule has 24 heavy (non-hydrogen) atoms. The van der Waals surface area contributed by atoms with Crippen LogP contribution in [0.1, 0.15) is 28.6 Å². The summed E-state index contributed by atoms with van der Waals surface area (Å²) in [5.41, 5.74) is 4.07. The third-order valence-corrected chi connectivity index (χ3v) is 4.74. The number of pyridine rings is 1. The fourth-order valence-electron chi connectivity index (χ4n) is 3.33. The van der Waals surface area contributed by atoms with Crippen LogP contribution >= 0.6 is 11.6 Å². The van der Waals surface area contributed by atoms with Crippen molar-refractivity contribution >= 4 is 17.2 Å². The number of fused-ring (bicyclic) bond motifs is 2. The molecule has 0 aliphatic heterocycles. The van der Waals surface area contributed by atoms with E-state index in [1.807, 2.05) is 41.8 Å². The fraction of sp³-hybridized carbons (Fsp3) is 0.278. The molecule has 0 saturated heterocycles. The monoisotopic (exact) mass is 344 g/mol. The lowest BCUT2D eigenvalue weighted by atomic mass is 10.1. The zero-order chi connectivity index (χ0) is 16.8. The van der Waals surface area contributed by atoms with Crippen LogP contribution < -0.4 is 4.74 Å². The molecule has 4 rings (SSSR count). The third-order valence-electron chi connectivity index (χ3n) is 4.51. The third kappa shape index (κ3) is 2.36. The SMILES string of the molecule is Cc1nc2c(OC3c4ccc(Cl)cc4CC3O)cccn2c1CO. The molecule has 0 amide bonds. The number of nitrogens with zero attached hydrogens (tertiary/aromatic N) is 2. The maximum absolute atomic E-state index is 10.4. The van der Waals surface area contributed by atoms with Crippen LogP contribution in [0.5, 0.6) is 5.75 Å². The lowest BCUT2D eigenvalue weighted by Gasteiger charge is -2.19. The van der Waals surface area contributed by atoms with Crippen molar-refractivity contribution in [3.05, 3.63) is 64.1 Å². The first-order valence-electron chi connectivity index (χ1n) is 7.79. The van der Waals surface area contributed by atoms with Gasteiger partial charge in [-0.2, -0.15) is 0 Å². The molecule has 2 unspecified atom stereocenters. The molecule has 2 heterocycles. The normalized spacial score (nSPS) is 19.7. The van der Waals surface area contributed by atoms with E-state index in [1.54, 1.807) is 6.07 Å². The first kappa shape index (κ1) is 15.4. The Morgan fingerprint density at radius 2 is 2.21 bits per heavy atom. The Bertz CT molecular complexity index is 922. The van der Waals surface area contributed by atoms with Gasteiger partial charge in [-0.3, -0.25) is 4.40 Å². The summed E-state index contributed by atoms with van der Waals surface area (Å²) in [4.78, 5) is 4.50. The van der Waals surface area contributed by atoms with Crippen molar-refractivity contribution in [3.63, 3.8) is 0 Å². The molecule has 0 saturated carbocycles. The van der Waals surface area contributed by atoms with E-state index in [0.717, 1.165) is 22.5 Å². The van der Waals surface area contributed by atoms with E-state index in [2.05, 4.69) is 4.98 Å². The van der Waals surface area contributed by atoms with Crippen molar-refractivity contribution in [1.29, 1.82) is 0 Å². The zero-order valence-electron chi connectivity index (χ0n) is 13.1. The Morgan fingerprint density at radius 3 is 3.00 bits per heavy atom. The van der Waals surface area contributed by atoms with Crippen LogP contribution in [0.25, 0.3) is 5.65 Å². The minimum atomic E-state index is -0.632. The standard InChI is InChI=1S/C18H17ClN2O3/c1-10-14(9-22)21-6-2-3-16(18(21)20-10)24-17-13-5-4-12(19)7-11(13)8-15(17)23/h2-7,15,17,22-23H,8-9H2,1H3. The minimum absolute atomic E-state index is 0.0934. The topological polar surface area (TPSA) is 67.0 Å². The fourth-order valence-corrected chi connectivity index (χ4v) is 3.53. The Kier molecular flexibility index (Phi) is 3.72. The number of hydrogen-bond acceptors (Lipinski definition) is 4. The molecule has 5 nitrogen and oxygen atoms in total. The van der Waals surface area contributed by atoms with Gasteiger partial charge < -0.3 is 14.9 Å². The molecule has 124 valence electrons. The van der Waals surface area contributed by atoms with E-state index >= 15 is 0 Å². The summed E-state index contributed by atoms with van der Waals surface area (Å²) >= 11 is 6.03. The number of aliphatic hydroxyl groups is 2. The Balaban J connectivity index is 1.76. The largest absolute Gasteiger partial charge is 0.479 e. The summed E-state index contributed by atoms with van der Waals surface area (Å²) in [5.74, 6) is 0.576. The Hall–Kier alpha value is -2.08. The molecule has 2 atom stereocenters. The molecule has 1 aromatic carbocycles. The summed E-state index contributed by atoms with van der Waals surface area (Å²) in [6, 6.07) is 9.23. The number of hydrogen-bond donors (Lipinski definition) is 2. The highest BCUT2D eigenvalue weighted by Gasteiger charge is 2.33. The van der Waals surface area contributed by atoms with Gasteiger partial charge in [0.1, 0.15) is 0 Å². The number of aliphatic hydroxyl groups excluding tert-OH is 2. The smallest absolute Gasteiger partial charge is 0.180 e. The van der Waals surface area contributed by atoms with Crippen LogP contribution in [0.4, 0.5) is 0 Å². The first-order chi connectivity index (χ1) is 11.6. The van der Waals surface area contributed by atoms with Crippen molar-refractivity contribution in [2.75, 3.05) is 0 Å². The Labute approximate surface area is 144 Å². The number of rotatable bonds is 3. The molecule has 2 aromatic heterocycles. The van der Waals surface area contributed by atoms with Gasteiger partial charge in [-0.05, 0) is 42.3 Å². The van der Waals surface area contributed by atoms with E-state index in [9.17, 15) is 10.2 Å². The predicted octanol–water partition coefficient (Wildman–Crippen LogP) is 2.83. The minimum Gasteiger partial charge on any atom is -0.479 e. The summed E-state index contributed by atoms with van der Waals surface area (Å²) in [5, 5.41) is 20.6. The van der Waals surface area contributed by atoms with E-state index in [4.69, 9.17) is 16.3 Å². The average molecular weight is 345 g/mol. The van der Waals surface area contributed by atoms with Crippen molar-refractivity contribution in [1.82, 2.24) is 9.38 Å². The molecular weight excluding hydrogens is 328 g/mol. The van der Waals surface area contributed by atoms with Gasteiger partial charge >= 0.3 is 0 Å². The number of aryl methyl sites for hydroxylation is 1. The molecule has 3 aromatic rings. The van der Waals surface area contributed by atoms with Crippen molar-refractivity contribution in [2.45, 2.75) is 32.2 Å². The van der Waals surface area contributed by atoms with Crippen molar-refractivity contribution < 1.29 is 14.9 Å². The molecule has 1 aliphatic rings. The summed E-state index contributed by atoms with van der Waals surface area (Å²) < 4.78 is 7.94. The van der Waals surface area contributed by atoms with Crippen LogP contribution in [0.2, 0.25) is 5.02 Å². The predicted molar refractivity (Wildman–Crippen MR) is 90.4 cm³/mol. The summed E-state index contributed by atoms with van der Waals surface area (Å²) in [6.45, 7) is 1.76. The highest BCUT2D eigenvalue weighted by molar-refractivity contribution is 6.30. The van der Waals surface area contributed by atoms with Crippen LogP contribution in [-0.4, -0.2) is 25.7 Å². The summed E-state index contributed by atoms with van der Waals surface area (Å²) in [7, 11) is 0. The molecule has 0 fully saturated rings. The quantitative estimate of drug-likeness (QED) is 0.766. The van der Waals surface area contributed by atoms with Gasteiger partial charge in [0.25, 0.3) is 0 Å². The van der Waals surface area contributed by atoms with E-state index in [-0.39, 0.29) is 6.61 Å². The van der Waals surface area contributed by atoms with Gasteiger partial charge in [0.2, 0.25) is 0 Å². The highest BCUT2D eigenvalue weighted by atomic mass is 35.5. The second kappa shape index (κ2) is 5.77. The number of halogens is 1. The lowest BCUT2D eigenvalue weighted by molar-refractivity contribution is 0.0502. The molecule has 0 spiro atoms. The van der Waals surface area contributed by atoms with Crippen LogP contribution in [0.15, 0.2) is 36.5 Å². The number of imidazole rings is 1. The number of ether oxygens (including phenoxy) is 1. The second-order valence-electron chi connectivity index (χ2n) is 6.02. The maximum Gasteiger partial charge on any atom is 0.180 e. The van der Waals surface area contributed by atoms with E-state index in [1.165, 1.54) is 0 Å². The number of benzene rings is 1. The van der Waals surface area contributed by atoms with Gasteiger partial charge in [0.05, 0.1) is 24.1 Å². The van der Waals surface area contributed by atoms with Gasteiger partial charge in [0, 0.05) is 17.6 Å². The van der Waals surface area contributed by atoms with Crippen LogP contribution in [0.3, 0.4) is 0 Å². The maximum atomic E-state index is 10.4. The lowest BCUT2D eigenvalue weighted by Crippen LogP contribution is -2.19. The highest BCUT2D eigenvalue weighted by Crippen LogP contribution is 2.37.